The molecule has 0 aromatic heterocycles. The van der Waals surface area contributed by atoms with E-state index < -0.39 is 0 Å². The van der Waals surface area contributed by atoms with Gasteiger partial charge in [-0.1, -0.05) is 27.2 Å². The van der Waals surface area contributed by atoms with Gasteiger partial charge in [0.25, 0.3) is 0 Å². The maximum atomic E-state index is 12.2. The van der Waals surface area contributed by atoms with Crippen LogP contribution in [0.15, 0.2) is 0 Å². The normalized spacial score (nSPS) is 32.1. The molecule has 0 radical (unpaired) electrons. The Hall–Kier alpha value is -0.610. The van der Waals surface area contributed by atoms with E-state index in [4.69, 9.17) is 4.74 Å². The number of piperidine rings is 2. The molecule has 0 spiro atoms. The molecule has 0 aromatic carbocycles. The molecular formula is C16H30N2O2. The summed E-state index contributed by atoms with van der Waals surface area (Å²) < 4.78 is 5.07. The third kappa shape index (κ3) is 3.17. The maximum Gasteiger partial charge on any atom is 0.323 e. The molecule has 2 aliphatic heterocycles. The number of rotatable bonds is 5. The van der Waals surface area contributed by atoms with Crippen molar-refractivity contribution in [2.24, 2.45) is 5.92 Å². The van der Waals surface area contributed by atoms with Gasteiger partial charge in [-0.05, 0) is 38.1 Å². The second-order valence-electron chi connectivity index (χ2n) is 6.62. The van der Waals surface area contributed by atoms with Crippen molar-refractivity contribution in [2.75, 3.05) is 13.7 Å². The second kappa shape index (κ2) is 6.90. The average Bonchev–Trinajstić information content (AvgIpc) is 2.39. The van der Waals surface area contributed by atoms with Gasteiger partial charge in [0.05, 0.1) is 7.11 Å². The lowest BCUT2D eigenvalue weighted by molar-refractivity contribution is -0.155. The molecule has 3 unspecified atom stereocenters. The van der Waals surface area contributed by atoms with Crippen molar-refractivity contribution in [1.82, 2.24) is 10.2 Å². The molecule has 0 aliphatic carbocycles. The number of nitrogens with zero attached hydrogens (tertiary/aromatic N) is 1. The Balaban J connectivity index is 2.16. The first-order valence-corrected chi connectivity index (χ1v) is 8.17. The summed E-state index contributed by atoms with van der Waals surface area (Å²) in [7, 11) is 1.51. The molecule has 2 rings (SSSR count). The summed E-state index contributed by atoms with van der Waals surface area (Å²) in [6.45, 7) is 7.48. The molecule has 1 N–H and O–H groups in total. The summed E-state index contributed by atoms with van der Waals surface area (Å²) in [4.78, 5) is 14.7. The summed E-state index contributed by atoms with van der Waals surface area (Å²) in [5.41, 5.74) is 0. The van der Waals surface area contributed by atoms with E-state index >= 15 is 0 Å². The van der Waals surface area contributed by atoms with Crippen LogP contribution in [0.5, 0.6) is 0 Å². The smallest absolute Gasteiger partial charge is 0.323 e. The van der Waals surface area contributed by atoms with E-state index in [1.807, 2.05) is 0 Å². The van der Waals surface area contributed by atoms with Gasteiger partial charge in [-0.15, -0.1) is 0 Å². The van der Waals surface area contributed by atoms with Gasteiger partial charge in [-0.25, -0.2) is 0 Å². The third-order valence-electron chi connectivity index (χ3n) is 4.92. The molecule has 116 valence electrons. The molecule has 2 heterocycles. The summed E-state index contributed by atoms with van der Waals surface area (Å²) in [5, 5.41) is 3.60. The predicted molar refractivity (Wildman–Crippen MR) is 80.6 cm³/mol. The second-order valence-corrected chi connectivity index (χ2v) is 6.62. The number of ether oxygens (including phenoxy) is 1. The Kier molecular flexibility index (Phi) is 5.44. The van der Waals surface area contributed by atoms with Crippen LogP contribution in [0.3, 0.4) is 0 Å². The molecule has 3 atom stereocenters. The highest BCUT2D eigenvalue weighted by molar-refractivity contribution is 5.76. The lowest BCUT2D eigenvalue weighted by Gasteiger charge is -2.52. The molecule has 2 aliphatic rings. The molecule has 2 bridgehead atoms. The Morgan fingerprint density at radius 3 is 2.35 bits per heavy atom. The summed E-state index contributed by atoms with van der Waals surface area (Å²) in [6.07, 6.45) is 6.09. The summed E-state index contributed by atoms with van der Waals surface area (Å²) in [6, 6.07) is 1.63. The highest BCUT2D eigenvalue weighted by atomic mass is 16.5. The number of carbonyl (C=O) groups is 1. The Bertz CT molecular complexity index is 318. The van der Waals surface area contributed by atoms with E-state index in [1.54, 1.807) is 0 Å². The van der Waals surface area contributed by atoms with Gasteiger partial charge in [-0.2, -0.15) is 0 Å². The fourth-order valence-electron chi connectivity index (χ4n) is 4.19. The van der Waals surface area contributed by atoms with Crippen molar-refractivity contribution < 1.29 is 9.53 Å². The largest absolute Gasteiger partial charge is 0.468 e. The number of hydrogen-bond acceptors (Lipinski definition) is 4. The van der Waals surface area contributed by atoms with Crippen LogP contribution in [0.4, 0.5) is 0 Å². The van der Waals surface area contributed by atoms with Crippen LogP contribution in [-0.2, 0) is 9.53 Å². The molecular weight excluding hydrogens is 252 g/mol. The van der Waals surface area contributed by atoms with Gasteiger partial charge in [0.15, 0.2) is 0 Å². The molecule has 0 aromatic rings. The van der Waals surface area contributed by atoms with E-state index in [9.17, 15) is 4.79 Å². The Labute approximate surface area is 123 Å². The van der Waals surface area contributed by atoms with Crippen molar-refractivity contribution in [3.8, 4) is 0 Å². The zero-order valence-electron chi connectivity index (χ0n) is 13.4. The maximum absolute atomic E-state index is 12.2. The van der Waals surface area contributed by atoms with Crippen LogP contribution in [0.2, 0.25) is 0 Å². The molecule has 20 heavy (non-hydrogen) atoms. The molecule has 4 heteroatoms. The van der Waals surface area contributed by atoms with Crippen LogP contribution in [-0.4, -0.2) is 48.7 Å². The van der Waals surface area contributed by atoms with Gasteiger partial charge in [-0.3, -0.25) is 9.69 Å². The number of methoxy groups -OCH3 is 1. The molecule has 2 fully saturated rings. The van der Waals surface area contributed by atoms with E-state index in [2.05, 4.69) is 31.0 Å². The number of fused-ring (bicyclic) bond motifs is 2. The van der Waals surface area contributed by atoms with E-state index in [-0.39, 0.29) is 12.0 Å². The minimum Gasteiger partial charge on any atom is -0.468 e. The lowest BCUT2D eigenvalue weighted by atomic mass is 9.79. The fourth-order valence-corrected chi connectivity index (χ4v) is 4.19. The fraction of sp³-hybridized carbons (Fsp3) is 0.938. The van der Waals surface area contributed by atoms with Gasteiger partial charge in [0.2, 0.25) is 0 Å². The summed E-state index contributed by atoms with van der Waals surface area (Å²) >= 11 is 0. The van der Waals surface area contributed by atoms with Crippen molar-refractivity contribution in [3.05, 3.63) is 0 Å². The Morgan fingerprint density at radius 2 is 1.90 bits per heavy atom. The zero-order valence-corrected chi connectivity index (χ0v) is 13.4. The van der Waals surface area contributed by atoms with Gasteiger partial charge in [0.1, 0.15) is 6.04 Å². The SMILES string of the molecule is CCNC1CC2CCCC(C1)N2C(C(=O)OC)C(C)C. The van der Waals surface area contributed by atoms with Crippen molar-refractivity contribution in [3.63, 3.8) is 0 Å². The highest BCUT2D eigenvalue weighted by Gasteiger charge is 2.44. The number of esters is 1. The van der Waals surface area contributed by atoms with Gasteiger partial charge in [0, 0.05) is 18.1 Å². The van der Waals surface area contributed by atoms with Crippen LogP contribution in [0, 0.1) is 5.92 Å². The average molecular weight is 282 g/mol. The van der Waals surface area contributed by atoms with E-state index in [0.717, 1.165) is 6.54 Å². The topological polar surface area (TPSA) is 41.6 Å². The van der Waals surface area contributed by atoms with Crippen LogP contribution in [0.25, 0.3) is 0 Å². The van der Waals surface area contributed by atoms with Crippen molar-refractivity contribution >= 4 is 5.97 Å². The van der Waals surface area contributed by atoms with E-state index in [0.29, 0.717) is 24.0 Å². The minimum atomic E-state index is -0.0714. The first kappa shape index (κ1) is 15.8. The predicted octanol–water partition coefficient (Wildman–Crippen LogP) is 2.18. The first-order valence-electron chi connectivity index (χ1n) is 8.17. The minimum absolute atomic E-state index is 0.0567. The number of nitrogens with one attached hydrogen (secondary N) is 1. The number of hydrogen-bond donors (Lipinski definition) is 1. The monoisotopic (exact) mass is 282 g/mol. The van der Waals surface area contributed by atoms with Crippen molar-refractivity contribution in [1.29, 1.82) is 0 Å². The van der Waals surface area contributed by atoms with Crippen LogP contribution >= 0.6 is 0 Å². The van der Waals surface area contributed by atoms with Gasteiger partial charge >= 0.3 is 5.97 Å². The number of carbonyl (C=O) groups excluding carboxylic acids is 1. The highest BCUT2D eigenvalue weighted by Crippen LogP contribution is 2.37. The Morgan fingerprint density at radius 1 is 1.30 bits per heavy atom. The standard InChI is InChI=1S/C16H30N2O2/c1-5-17-12-9-13-7-6-8-14(10-12)18(13)15(11(2)3)16(19)20-4/h11-15,17H,5-10H2,1-4H3. The van der Waals surface area contributed by atoms with Crippen LogP contribution in [0.1, 0.15) is 52.9 Å². The molecule has 0 saturated carbocycles. The molecule has 2 saturated heterocycles. The first-order chi connectivity index (χ1) is 9.58. The summed E-state index contributed by atoms with van der Waals surface area (Å²) in [5.74, 6) is 0.250. The lowest BCUT2D eigenvalue weighted by Crippen LogP contribution is -2.62. The van der Waals surface area contributed by atoms with E-state index in [1.165, 1.54) is 39.2 Å². The van der Waals surface area contributed by atoms with Gasteiger partial charge < -0.3 is 10.1 Å². The molecule has 0 amide bonds. The molecule has 4 nitrogen and oxygen atoms in total. The quantitative estimate of drug-likeness (QED) is 0.785. The third-order valence-corrected chi connectivity index (χ3v) is 4.92. The van der Waals surface area contributed by atoms with Crippen molar-refractivity contribution in [2.45, 2.75) is 77.0 Å². The zero-order chi connectivity index (χ0) is 14.7. The van der Waals surface area contributed by atoms with Crippen LogP contribution < -0.4 is 5.32 Å².